The molecule has 138 valence electrons. The zero-order chi connectivity index (χ0) is 19.6. The van der Waals surface area contributed by atoms with Crippen LogP contribution in [0, 0.1) is 13.8 Å². The molecule has 0 amide bonds. The van der Waals surface area contributed by atoms with Crippen molar-refractivity contribution in [2.45, 2.75) is 40.7 Å². The number of Topliss-reactive ketones (excluding diaryl/α,β-unsaturated/α-hetero) is 2. The summed E-state index contributed by atoms with van der Waals surface area (Å²) in [5.41, 5.74) is 6.77. The highest BCUT2D eigenvalue weighted by Gasteiger charge is 2.24. The van der Waals surface area contributed by atoms with E-state index in [9.17, 15) is 9.59 Å². The highest BCUT2D eigenvalue weighted by molar-refractivity contribution is 6.00. The molecule has 27 heavy (non-hydrogen) atoms. The lowest BCUT2D eigenvalue weighted by Crippen LogP contribution is -2.05. The molecule has 3 heteroatoms. The first-order valence-electron chi connectivity index (χ1n) is 9.21. The Morgan fingerprint density at radius 3 is 2.07 bits per heavy atom. The van der Waals surface area contributed by atoms with Crippen LogP contribution in [0.3, 0.4) is 0 Å². The molecule has 0 fully saturated rings. The summed E-state index contributed by atoms with van der Waals surface area (Å²) >= 11 is 0. The van der Waals surface area contributed by atoms with Crippen LogP contribution in [0.2, 0.25) is 0 Å². The van der Waals surface area contributed by atoms with Crippen molar-refractivity contribution >= 4 is 11.6 Å². The zero-order valence-corrected chi connectivity index (χ0v) is 16.4. The maximum atomic E-state index is 12.4. The maximum absolute atomic E-state index is 12.4. The third-order valence-electron chi connectivity index (χ3n) is 4.91. The summed E-state index contributed by atoms with van der Waals surface area (Å²) < 4.78 is 2.18. The first-order chi connectivity index (χ1) is 12.9. The van der Waals surface area contributed by atoms with Crippen LogP contribution in [0.1, 0.15) is 46.6 Å². The fourth-order valence-electron chi connectivity index (χ4n) is 3.70. The molecule has 3 nitrogen and oxygen atoms in total. The minimum Gasteiger partial charge on any atom is -0.339 e. The molecular formula is C24H25NO2. The van der Waals surface area contributed by atoms with Crippen molar-refractivity contribution in [3.05, 3.63) is 82.5 Å². The number of carbonyl (C=O) groups is 2. The van der Waals surface area contributed by atoms with Gasteiger partial charge in [0.15, 0.2) is 5.78 Å². The van der Waals surface area contributed by atoms with E-state index in [1.165, 1.54) is 5.56 Å². The second-order valence-electron chi connectivity index (χ2n) is 7.16. The molecule has 0 saturated carbocycles. The largest absolute Gasteiger partial charge is 0.339 e. The number of ketones is 2. The Morgan fingerprint density at radius 1 is 0.889 bits per heavy atom. The standard InChI is InChI=1S/C24H25NO2/c1-16-10-12-21(13-11-16)24-22(14-17(2)26)23(19(4)27)18(3)25(24)15-20-8-6-5-7-9-20/h5-13H,14-15H2,1-4H3. The van der Waals surface area contributed by atoms with Gasteiger partial charge in [0.1, 0.15) is 5.78 Å². The summed E-state index contributed by atoms with van der Waals surface area (Å²) in [4.78, 5) is 24.4. The molecule has 0 N–H and O–H groups in total. The summed E-state index contributed by atoms with van der Waals surface area (Å²) in [5.74, 6) is 0.0617. The van der Waals surface area contributed by atoms with E-state index in [2.05, 4.69) is 47.9 Å². The Bertz CT molecular complexity index is 979. The van der Waals surface area contributed by atoms with E-state index in [0.29, 0.717) is 12.1 Å². The van der Waals surface area contributed by atoms with E-state index in [1.54, 1.807) is 13.8 Å². The zero-order valence-electron chi connectivity index (χ0n) is 16.4. The molecule has 0 bridgehead atoms. The van der Waals surface area contributed by atoms with Crippen LogP contribution < -0.4 is 0 Å². The molecule has 3 rings (SSSR count). The lowest BCUT2D eigenvalue weighted by Gasteiger charge is -2.14. The fourth-order valence-corrected chi connectivity index (χ4v) is 3.70. The third kappa shape index (κ3) is 3.92. The maximum Gasteiger partial charge on any atom is 0.161 e. The van der Waals surface area contributed by atoms with Gasteiger partial charge in [-0.2, -0.15) is 0 Å². The number of carbonyl (C=O) groups excluding carboxylic acids is 2. The van der Waals surface area contributed by atoms with Gasteiger partial charge in [-0.05, 0) is 44.4 Å². The van der Waals surface area contributed by atoms with Gasteiger partial charge >= 0.3 is 0 Å². The summed E-state index contributed by atoms with van der Waals surface area (Å²) in [6, 6.07) is 18.5. The quantitative estimate of drug-likeness (QED) is 0.571. The van der Waals surface area contributed by atoms with E-state index >= 15 is 0 Å². The number of hydrogen-bond donors (Lipinski definition) is 0. The van der Waals surface area contributed by atoms with Crippen molar-refractivity contribution in [2.24, 2.45) is 0 Å². The van der Waals surface area contributed by atoms with Crippen LogP contribution in [0.4, 0.5) is 0 Å². The summed E-state index contributed by atoms with van der Waals surface area (Å²) in [6.45, 7) is 7.84. The smallest absolute Gasteiger partial charge is 0.161 e. The van der Waals surface area contributed by atoms with Gasteiger partial charge in [-0.15, -0.1) is 0 Å². The predicted molar refractivity (Wildman–Crippen MR) is 109 cm³/mol. The van der Waals surface area contributed by atoms with Gasteiger partial charge in [0.25, 0.3) is 0 Å². The molecule has 3 aromatic rings. The molecule has 1 heterocycles. The number of nitrogens with zero attached hydrogens (tertiary/aromatic N) is 1. The van der Waals surface area contributed by atoms with Gasteiger partial charge < -0.3 is 4.57 Å². The van der Waals surface area contributed by atoms with Crippen LogP contribution in [-0.4, -0.2) is 16.1 Å². The molecule has 1 aromatic heterocycles. The second kappa shape index (κ2) is 7.75. The van der Waals surface area contributed by atoms with E-state index in [-0.39, 0.29) is 18.0 Å². The lowest BCUT2D eigenvalue weighted by molar-refractivity contribution is -0.116. The van der Waals surface area contributed by atoms with Gasteiger partial charge in [-0.25, -0.2) is 0 Å². The Labute approximate surface area is 160 Å². The minimum absolute atomic E-state index is 0.00363. The Hall–Kier alpha value is -2.94. The van der Waals surface area contributed by atoms with Crippen molar-refractivity contribution < 1.29 is 9.59 Å². The van der Waals surface area contributed by atoms with Crippen LogP contribution in [0.15, 0.2) is 54.6 Å². The summed E-state index contributed by atoms with van der Waals surface area (Å²) in [7, 11) is 0. The number of benzene rings is 2. The van der Waals surface area contributed by atoms with E-state index < -0.39 is 0 Å². The molecule has 0 spiro atoms. The van der Waals surface area contributed by atoms with Crippen LogP contribution >= 0.6 is 0 Å². The summed E-state index contributed by atoms with van der Waals surface area (Å²) in [6.07, 6.45) is 0.265. The molecule has 0 saturated heterocycles. The van der Waals surface area contributed by atoms with Crippen LogP contribution in [0.5, 0.6) is 0 Å². The number of rotatable bonds is 6. The fraction of sp³-hybridized carbons (Fsp3) is 0.250. The molecule has 0 aliphatic heterocycles. The van der Waals surface area contributed by atoms with Crippen molar-refractivity contribution in [2.75, 3.05) is 0 Å². The highest BCUT2D eigenvalue weighted by Crippen LogP contribution is 2.33. The topological polar surface area (TPSA) is 39.1 Å². The van der Waals surface area contributed by atoms with Gasteiger partial charge in [0.2, 0.25) is 0 Å². The van der Waals surface area contributed by atoms with Gasteiger partial charge in [-0.3, -0.25) is 9.59 Å². The molecule has 2 aromatic carbocycles. The van der Waals surface area contributed by atoms with Crippen LogP contribution in [-0.2, 0) is 17.8 Å². The average molecular weight is 359 g/mol. The first kappa shape index (κ1) is 18.8. The Balaban J connectivity index is 2.28. The molecular weight excluding hydrogens is 334 g/mol. The van der Waals surface area contributed by atoms with Crippen molar-refractivity contribution in [1.29, 1.82) is 0 Å². The van der Waals surface area contributed by atoms with Crippen molar-refractivity contribution in [1.82, 2.24) is 4.57 Å². The SMILES string of the molecule is CC(=O)Cc1c(C(C)=O)c(C)n(Cc2ccccc2)c1-c1ccc(C)cc1. The van der Waals surface area contributed by atoms with E-state index in [1.807, 2.05) is 25.1 Å². The first-order valence-corrected chi connectivity index (χ1v) is 9.21. The van der Waals surface area contributed by atoms with Gasteiger partial charge in [0, 0.05) is 24.2 Å². The second-order valence-corrected chi connectivity index (χ2v) is 7.16. The van der Waals surface area contributed by atoms with Crippen LogP contribution in [0.25, 0.3) is 11.3 Å². The Kier molecular flexibility index (Phi) is 5.41. The summed E-state index contributed by atoms with van der Waals surface area (Å²) in [5, 5.41) is 0. The molecule has 0 radical (unpaired) electrons. The number of aromatic nitrogens is 1. The predicted octanol–water partition coefficient (Wildman–Crippen LogP) is 5.15. The van der Waals surface area contributed by atoms with E-state index in [4.69, 9.17) is 0 Å². The molecule has 0 aliphatic carbocycles. The monoisotopic (exact) mass is 359 g/mol. The van der Waals surface area contributed by atoms with Gasteiger partial charge in [-0.1, -0.05) is 60.2 Å². The van der Waals surface area contributed by atoms with Gasteiger partial charge in [0.05, 0.1) is 5.69 Å². The minimum atomic E-state index is 0.00363. The highest BCUT2D eigenvalue weighted by atomic mass is 16.1. The molecule has 0 aliphatic rings. The third-order valence-corrected chi connectivity index (χ3v) is 4.91. The average Bonchev–Trinajstić information content (AvgIpc) is 2.88. The number of hydrogen-bond acceptors (Lipinski definition) is 2. The van der Waals surface area contributed by atoms with E-state index in [0.717, 1.165) is 28.1 Å². The normalized spacial score (nSPS) is 10.8. The Morgan fingerprint density at radius 2 is 1.52 bits per heavy atom. The molecule has 0 unspecified atom stereocenters. The lowest BCUT2D eigenvalue weighted by atomic mass is 9.97. The van der Waals surface area contributed by atoms with Crippen molar-refractivity contribution in [3.8, 4) is 11.3 Å². The molecule has 0 atom stereocenters. The van der Waals surface area contributed by atoms with Crippen molar-refractivity contribution in [3.63, 3.8) is 0 Å². The number of aryl methyl sites for hydroxylation is 1.